The highest BCUT2D eigenvalue weighted by Crippen LogP contribution is 2.02. The first-order valence-corrected chi connectivity index (χ1v) is 7.43. The molecule has 0 saturated carbocycles. The number of carbonyl (C=O) groups is 1. The van der Waals surface area contributed by atoms with Crippen molar-refractivity contribution in [2.24, 2.45) is 0 Å². The fourth-order valence-corrected chi connectivity index (χ4v) is 2.11. The first-order valence-electron chi connectivity index (χ1n) is 7.43. The Morgan fingerprint density at radius 1 is 1.27 bits per heavy atom. The van der Waals surface area contributed by atoms with Gasteiger partial charge in [-0.05, 0) is 12.0 Å². The zero-order valence-corrected chi connectivity index (χ0v) is 12.5. The molecule has 2 amide bonds. The summed E-state index contributed by atoms with van der Waals surface area (Å²) in [6, 6.07) is 9.47. The topological polar surface area (TPSA) is 79.2 Å². The van der Waals surface area contributed by atoms with E-state index in [-0.39, 0.29) is 12.6 Å². The van der Waals surface area contributed by atoms with Crippen LogP contribution < -0.4 is 10.6 Å². The Morgan fingerprint density at radius 3 is 2.82 bits per heavy atom. The average Bonchev–Trinajstić information content (AvgIpc) is 3.04. The summed E-state index contributed by atoms with van der Waals surface area (Å²) in [6.45, 7) is 1.64. The van der Waals surface area contributed by atoms with Crippen molar-refractivity contribution >= 4 is 6.03 Å². The lowest BCUT2D eigenvalue weighted by molar-refractivity contribution is 0.170. The number of nitrogens with zero attached hydrogens (tertiary/aromatic N) is 2. The third-order valence-corrected chi connectivity index (χ3v) is 3.25. The maximum atomic E-state index is 11.6. The molecule has 1 heterocycles. The van der Waals surface area contributed by atoms with E-state index in [1.54, 1.807) is 12.5 Å². The van der Waals surface area contributed by atoms with E-state index in [1.807, 2.05) is 41.1 Å². The number of imidazole rings is 1. The minimum Gasteiger partial charge on any atom is -0.391 e. The smallest absolute Gasteiger partial charge is 0.314 e. The number of rotatable bonds is 8. The summed E-state index contributed by atoms with van der Waals surface area (Å²) in [7, 11) is 0. The Kier molecular flexibility index (Phi) is 6.44. The largest absolute Gasteiger partial charge is 0.391 e. The minimum absolute atomic E-state index is 0.238. The number of aromatic nitrogens is 2. The van der Waals surface area contributed by atoms with Crippen LogP contribution in [0.15, 0.2) is 49.1 Å². The number of carbonyl (C=O) groups excluding carboxylic acids is 1. The minimum atomic E-state index is -0.584. The van der Waals surface area contributed by atoms with E-state index >= 15 is 0 Å². The van der Waals surface area contributed by atoms with E-state index < -0.39 is 6.10 Å². The van der Waals surface area contributed by atoms with Crippen molar-refractivity contribution in [3.8, 4) is 0 Å². The van der Waals surface area contributed by atoms with Crippen molar-refractivity contribution in [3.63, 3.8) is 0 Å². The van der Waals surface area contributed by atoms with Crippen LogP contribution in [0.5, 0.6) is 0 Å². The third-order valence-electron chi connectivity index (χ3n) is 3.25. The maximum Gasteiger partial charge on any atom is 0.314 e. The van der Waals surface area contributed by atoms with Crippen LogP contribution in [0.2, 0.25) is 0 Å². The van der Waals surface area contributed by atoms with E-state index in [0.29, 0.717) is 13.0 Å². The second kappa shape index (κ2) is 8.84. The first kappa shape index (κ1) is 16.0. The Labute approximate surface area is 130 Å². The van der Waals surface area contributed by atoms with Gasteiger partial charge in [-0.1, -0.05) is 30.3 Å². The quantitative estimate of drug-likeness (QED) is 0.641. The molecule has 0 radical (unpaired) electrons. The van der Waals surface area contributed by atoms with Crippen LogP contribution in [0.3, 0.4) is 0 Å². The molecule has 0 spiro atoms. The molecule has 3 N–H and O–H groups in total. The third kappa shape index (κ3) is 5.97. The van der Waals surface area contributed by atoms with Crippen LogP contribution in [0, 0.1) is 0 Å². The molecule has 1 aromatic heterocycles. The molecule has 1 unspecified atom stereocenters. The molecule has 0 saturated heterocycles. The van der Waals surface area contributed by atoms with Gasteiger partial charge >= 0.3 is 6.03 Å². The van der Waals surface area contributed by atoms with Gasteiger partial charge in [0.15, 0.2) is 0 Å². The second-order valence-corrected chi connectivity index (χ2v) is 5.13. The summed E-state index contributed by atoms with van der Waals surface area (Å²) in [4.78, 5) is 15.6. The van der Waals surface area contributed by atoms with Gasteiger partial charge in [0.25, 0.3) is 0 Å². The number of benzene rings is 1. The second-order valence-electron chi connectivity index (χ2n) is 5.13. The van der Waals surface area contributed by atoms with Gasteiger partial charge < -0.3 is 20.3 Å². The standard InChI is InChI=1S/C16H22N4O2/c21-15(11-14-5-2-1-3-6-14)12-19-16(22)18-7-4-9-20-10-8-17-13-20/h1-3,5-6,8,10,13,15,21H,4,7,9,11-12H2,(H2,18,19,22). The normalized spacial score (nSPS) is 11.9. The summed E-state index contributed by atoms with van der Waals surface area (Å²) in [6.07, 6.45) is 6.14. The Bertz CT molecular complexity index is 543. The molecule has 0 bridgehead atoms. The van der Waals surface area contributed by atoms with Gasteiger partial charge in [-0.15, -0.1) is 0 Å². The van der Waals surface area contributed by atoms with Crippen molar-refractivity contribution in [1.82, 2.24) is 20.2 Å². The van der Waals surface area contributed by atoms with Crippen molar-refractivity contribution < 1.29 is 9.90 Å². The average molecular weight is 302 g/mol. The lowest BCUT2D eigenvalue weighted by atomic mass is 10.1. The van der Waals surface area contributed by atoms with Gasteiger partial charge in [0, 0.05) is 38.4 Å². The predicted octanol–water partition coefficient (Wildman–Crippen LogP) is 1.18. The highest BCUT2D eigenvalue weighted by molar-refractivity contribution is 5.73. The molecule has 2 aromatic rings. The number of aryl methyl sites for hydroxylation is 1. The van der Waals surface area contributed by atoms with Gasteiger partial charge in [-0.25, -0.2) is 9.78 Å². The van der Waals surface area contributed by atoms with Crippen LogP contribution in [0.1, 0.15) is 12.0 Å². The van der Waals surface area contributed by atoms with Crippen molar-refractivity contribution in [2.45, 2.75) is 25.5 Å². The highest BCUT2D eigenvalue weighted by Gasteiger charge is 2.07. The zero-order valence-electron chi connectivity index (χ0n) is 12.5. The van der Waals surface area contributed by atoms with Gasteiger partial charge in [0.2, 0.25) is 0 Å². The summed E-state index contributed by atoms with van der Waals surface area (Å²) in [5.74, 6) is 0. The predicted molar refractivity (Wildman–Crippen MR) is 84.4 cm³/mol. The molecule has 0 fully saturated rings. The van der Waals surface area contributed by atoms with Gasteiger partial charge in [-0.2, -0.15) is 0 Å². The molecule has 0 aliphatic heterocycles. The fraction of sp³-hybridized carbons (Fsp3) is 0.375. The number of hydrogen-bond donors (Lipinski definition) is 3. The molecule has 2 rings (SSSR count). The number of aliphatic hydroxyl groups is 1. The zero-order chi connectivity index (χ0) is 15.6. The molecule has 118 valence electrons. The van der Waals surface area contributed by atoms with Gasteiger partial charge in [0.05, 0.1) is 12.4 Å². The number of amides is 2. The molecule has 1 aromatic carbocycles. The number of urea groups is 1. The van der Waals surface area contributed by atoms with Crippen molar-refractivity contribution in [2.75, 3.05) is 13.1 Å². The highest BCUT2D eigenvalue weighted by atomic mass is 16.3. The maximum absolute atomic E-state index is 11.6. The molecule has 1 atom stereocenters. The number of aliphatic hydroxyl groups excluding tert-OH is 1. The van der Waals surface area contributed by atoms with E-state index in [4.69, 9.17) is 0 Å². The molecule has 0 aliphatic carbocycles. The number of nitrogens with one attached hydrogen (secondary N) is 2. The summed E-state index contributed by atoms with van der Waals surface area (Å²) in [5, 5.41) is 15.3. The first-order chi connectivity index (χ1) is 10.7. The van der Waals surface area contributed by atoms with Crippen LogP contribution in [-0.4, -0.2) is 39.9 Å². The Morgan fingerprint density at radius 2 is 2.09 bits per heavy atom. The number of hydrogen-bond acceptors (Lipinski definition) is 3. The van der Waals surface area contributed by atoms with Crippen LogP contribution in [0.25, 0.3) is 0 Å². The summed E-state index contributed by atoms with van der Waals surface area (Å²) < 4.78 is 1.96. The summed E-state index contributed by atoms with van der Waals surface area (Å²) >= 11 is 0. The molecular weight excluding hydrogens is 280 g/mol. The van der Waals surface area contributed by atoms with E-state index in [9.17, 15) is 9.90 Å². The lowest BCUT2D eigenvalue weighted by Crippen LogP contribution is -2.40. The molecule has 6 heteroatoms. The van der Waals surface area contributed by atoms with Gasteiger partial charge in [-0.3, -0.25) is 0 Å². The molecule has 6 nitrogen and oxygen atoms in total. The van der Waals surface area contributed by atoms with Crippen LogP contribution >= 0.6 is 0 Å². The summed E-state index contributed by atoms with van der Waals surface area (Å²) in [5.41, 5.74) is 1.05. The Hall–Kier alpha value is -2.34. The van der Waals surface area contributed by atoms with Crippen LogP contribution in [0.4, 0.5) is 4.79 Å². The Balaban J connectivity index is 1.55. The fourth-order valence-electron chi connectivity index (χ4n) is 2.11. The molecule has 22 heavy (non-hydrogen) atoms. The molecular formula is C16H22N4O2. The van der Waals surface area contributed by atoms with E-state index in [0.717, 1.165) is 18.5 Å². The van der Waals surface area contributed by atoms with Crippen molar-refractivity contribution in [3.05, 3.63) is 54.6 Å². The SMILES string of the molecule is O=C(NCCCn1ccnc1)NCC(O)Cc1ccccc1. The monoisotopic (exact) mass is 302 g/mol. The van der Waals surface area contributed by atoms with E-state index in [2.05, 4.69) is 15.6 Å². The van der Waals surface area contributed by atoms with Crippen LogP contribution in [-0.2, 0) is 13.0 Å². The molecule has 0 aliphatic rings. The van der Waals surface area contributed by atoms with E-state index in [1.165, 1.54) is 0 Å². The van der Waals surface area contributed by atoms with Crippen molar-refractivity contribution in [1.29, 1.82) is 0 Å². The lowest BCUT2D eigenvalue weighted by Gasteiger charge is -2.12. The van der Waals surface area contributed by atoms with Gasteiger partial charge in [0.1, 0.15) is 0 Å².